The molecule has 2 aromatic rings. The number of sulfonamides is 1. The molecule has 1 aromatic heterocycles. The fourth-order valence-electron chi connectivity index (χ4n) is 1.54. The van der Waals surface area contributed by atoms with Crippen LogP contribution >= 0.6 is 11.6 Å². The zero-order chi connectivity index (χ0) is 15.6. The minimum absolute atomic E-state index is 0.109. The number of halogens is 1. The molecule has 0 fully saturated rings. The van der Waals surface area contributed by atoms with Crippen molar-refractivity contribution in [2.45, 2.75) is 4.90 Å². The van der Waals surface area contributed by atoms with Gasteiger partial charge in [-0.1, -0.05) is 11.6 Å². The van der Waals surface area contributed by atoms with Gasteiger partial charge in [0.25, 0.3) is 10.0 Å². The maximum absolute atomic E-state index is 12.1. The lowest BCUT2D eigenvalue weighted by molar-refractivity contribution is 0.0691. The quantitative estimate of drug-likeness (QED) is 0.793. The highest BCUT2D eigenvalue weighted by Gasteiger charge is 2.18. The number of aromatic carboxylic acids is 1. The number of hydrogen-bond donors (Lipinski definition) is 3. The van der Waals surface area contributed by atoms with Crippen LogP contribution in [0.2, 0.25) is 5.02 Å². The SMILES string of the molecule is N#Cc1ccc(NS(=O)(=O)c2c[nH]c(C(=O)O)c2)cc1Cl. The number of nitriles is 1. The van der Waals surface area contributed by atoms with Gasteiger partial charge in [-0.15, -0.1) is 0 Å². The van der Waals surface area contributed by atoms with Crippen LogP contribution in [0.25, 0.3) is 0 Å². The van der Waals surface area contributed by atoms with E-state index < -0.39 is 16.0 Å². The maximum atomic E-state index is 12.1. The summed E-state index contributed by atoms with van der Waals surface area (Å²) in [5.74, 6) is -1.27. The molecule has 7 nitrogen and oxygen atoms in total. The Morgan fingerprint density at radius 1 is 1.38 bits per heavy atom. The largest absolute Gasteiger partial charge is 0.477 e. The number of benzene rings is 1. The molecule has 0 aliphatic carbocycles. The van der Waals surface area contributed by atoms with Crippen molar-refractivity contribution in [3.63, 3.8) is 0 Å². The number of rotatable bonds is 4. The maximum Gasteiger partial charge on any atom is 0.352 e. The second-order valence-corrected chi connectivity index (χ2v) is 6.06. The number of carbonyl (C=O) groups is 1. The molecular weight excluding hydrogens is 318 g/mol. The van der Waals surface area contributed by atoms with E-state index in [0.29, 0.717) is 0 Å². The van der Waals surface area contributed by atoms with E-state index in [1.165, 1.54) is 18.2 Å². The van der Waals surface area contributed by atoms with Gasteiger partial charge in [-0.05, 0) is 24.3 Å². The lowest BCUT2D eigenvalue weighted by Crippen LogP contribution is -2.12. The molecule has 0 bridgehead atoms. The van der Waals surface area contributed by atoms with Gasteiger partial charge in [0, 0.05) is 6.20 Å². The Labute approximate surface area is 124 Å². The summed E-state index contributed by atoms with van der Waals surface area (Å²) in [4.78, 5) is 12.8. The lowest BCUT2D eigenvalue weighted by atomic mass is 10.2. The monoisotopic (exact) mass is 325 g/mol. The van der Waals surface area contributed by atoms with E-state index in [1.54, 1.807) is 0 Å². The van der Waals surface area contributed by atoms with Crippen LogP contribution in [0.15, 0.2) is 35.4 Å². The van der Waals surface area contributed by atoms with Gasteiger partial charge < -0.3 is 10.1 Å². The van der Waals surface area contributed by atoms with Crippen molar-refractivity contribution >= 4 is 33.3 Å². The number of carboxylic acids is 1. The molecule has 3 N–H and O–H groups in total. The molecule has 0 amide bonds. The van der Waals surface area contributed by atoms with Crippen LogP contribution in [0.5, 0.6) is 0 Å². The molecule has 9 heteroatoms. The van der Waals surface area contributed by atoms with Crippen molar-refractivity contribution in [3.8, 4) is 6.07 Å². The molecule has 0 atom stereocenters. The number of aromatic nitrogens is 1. The van der Waals surface area contributed by atoms with Gasteiger partial charge in [-0.2, -0.15) is 5.26 Å². The zero-order valence-electron chi connectivity index (χ0n) is 10.3. The van der Waals surface area contributed by atoms with Crippen molar-refractivity contribution in [2.24, 2.45) is 0 Å². The standard InChI is InChI=1S/C12H8ClN3O4S/c13-10-3-8(2-1-7(10)5-14)16-21(19,20)9-4-11(12(17)18)15-6-9/h1-4,6,15-16H,(H,17,18). The summed E-state index contributed by atoms with van der Waals surface area (Å²) in [7, 11) is -3.95. The van der Waals surface area contributed by atoms with Gasteiger partial charge >= 0.3 is 5.97 Å². The minimum Gasteiger partial charge on any atom is -0.477 e. The van der Waals surface area contributed by atoms with Gasteiger partial charge in [0.1, 0.15) is 16.7 Å². The second kappa shape index (κ2) is 5.47. The third kappa shape index (κ3) is 3.16. The van der Waals surface area contributed by atoms with Crippen LogP contribution in [0.4, 0.5) is 5.69 Å². The third-order valence-corrected chi connectivity index (χ3v) is 4.21. The number of hydrogen-bond acceptors (Lipinski definition) is 4. The first-order valence-electron chi connectivity index (χ1n) is 5.47. The molecule has 108 valence electrons. The first-order chi connectivity index (χ1) is 9.83. The summed E-state index contributed by atoms with van der Waals surface area (Å²) in [5.41, 5.74) is 0.139. The third-order valence-electron chi connectivity index (χ3n) is 2.54. The fraction of sp³-hybridized carbons (Fsp3) is 0. The Morgan fingerprint density at radius 2 is 2.10 bits per heavy atom. The van der Waals surface area contributed by atoms with Crippen LogP contribution in [0.3, 0.4) is 0 Å². The zero-order valence-corrected chi connectivity index (χ0v) is 11.9. The van der Waals surface area contributed by atoms with Gasteiger partial charge in [-0.3, -0.25) is 4.72 Å². The number of nitrogens with one attached hydrogen (secondary N) is 2. The van der Waals surface area contributed by atoms with E-state index >= 15 is 0 Å². The molecule has 0 radical (unpaired) electrons. The van der Waals surface area contributed by atoms with Crippen LogP contribution in [0, 0.1) is 11.3 Å². The number of H-pyrrole nitrogens is 1. The molecule has 0 spiro atoms. The van der Waals surface area contributed by atoms with Crippen molar-refractivity contribution in [1.82, 2.24) is 4.98 Å². The van der Waals surface area contributed by atoms with Crippen LogP contribution in [-0.2, 0) is 10.0 Å². The fourth-order valence-corrected chi connectivity index (χ4v) is 2.80. The highest BCUT2D eigenvalue weighted by Crippen LogP contribution is 2.23. The molecule has 0 saturated carbocycles. The van der Waals surface area contributed by atoms with Gasteiger partial charge in [-0.25, -0.2) is 13.2 Å². The van der Waals surface area contributed by atoms with Crippen molar-refractivity contribution in [3.05, 3.63) is 46.7 Å². The predicted octanol–water partition coefficient (Wildman–Crippen LogP) is 2.04. The summed E-state index contributed by atoms with van der Waals surface area (Å²) < 4.78 is 26.4. The Bertz CT molecular complexity index is 852. The normalized spacial score (nSPS) is 10.9. The molecule has 0 unspecified atom stereocenters. The van der Waals surface area contributed by atoms with E-state index in [-0.39, 0.29) is 26.9 Å². The molecule has 2 rings (SSSR count). The van der Waals surface area contributed by atoms with Crippen LogP contribution in [-0.4, -0.2) is 24.5 Å². The summed E-state index contributed by atoms with van der Waals surface area (Å²) in [6.07, 6.45) is 1.07. The molecule has 0 saturated heterocycles. The van der Waals surface area contributed by atoms with E-state index in [0.717, 1.165) is 12.3 Å². The van der Waals surface area contributed by atoms with E-state index in [2.05, 4.69) is 9.71 Å². The van der Waals surface area contributed by atoms with Crippen LogP contribution in [0.1, 0.15) is 16.1 Å². The highest BCUT2D eigenvalue weighted by molar-refractivity contribution is 7.92. The predicted molar refractivity (Wildman–Crippen MR) is 74.7 cm³/mol. The minimum atomic E-state index is -3.95. The topological polar surface area (TPSA) is 123 Å². The van der Waals surface area contributed by atoms with Crippen LogP contribution < -0.4 is 4.72 Å². The van der Waals surface area contributed by atoms with Gasteiger partial charge in [0.2, 0.25) is 0 Å². The van der Waals surface area contributed by atoms with Gasteiger partial charge in [0.15, 0.2) is 0 Å². The smallest absolute Gasteiger partial charge is 0.352 e. The van der Waals surface area contributed by atoms with Crippen molar-refractivity contribution in [1.29, 1.82) is 5.26 Å². The van der Waals surface area contributed by atoms with Gasteiger partial charge in [0.05, 0.1) is 16.3 Å². The molecular formula is C12H8ClN3O4S. The van der Waals surface area contributed by atoms with Crippen molar-refractivity contribution < 1.29 is 18.3 Å². The number of carboxylic acid groups (broad SMARTS) is 1. The molecule has 0 aliphatic rings. The summed E-state index contributed by atoms with van der Waals surface area (Å²) >= 11 is 5.81. The first-order valence-corrected chi connectivity index (χ1v) is 7.34. The Morgan fingerprint density at radius 3 is 2.62 bits per heavy atom. The number of anilines is 1. The first kappa shape index (κ1) is 14.9. The number of nitrogens with zero attached hydrogens (tertiary/aromatic N) is 1. The Kier molecular flexibility index (Phi) is 3.88. The highest BCUT2D eigenvalue weighted by atomic mass is 35.5. The average molecular weight is 326 g/mol. The Balaban J connectivity index is 2.31. The number of aromatic amines is 1. The summed E-state index contributed by atoms with van der Waals surface area (Å²) in [6.45, 7) is 0. The van der Waals surface area contributed by atoms with E-state index in [9.17, 15) is 13.2 Å². The van der Waals surface area contributed by atoms with Crippen molar-refractivity contribution in [2.75, 3.05) is 4.72 Å². The summed E-state index contributed by atoms with van der Waals surface area (Å²) in [5, 5.41) is 17.6. The molecule has 21 heavy (non-hydrogen) atoms. The summed E-state index contributed by atoms with van der Waals surface area (Å²) in [6, 6.07) is 6.90. The second-order valence-electron chi connectivity index (χ2n) is 3.97. The van der Waals surface area contributed by atoms with E-state index in [1.807, 2.05) is 6.07 Å². The Hall–Kier alpha value is -2.50. The van der Waals surface area contributed by atoms with E-state index in [4.69, 9.17) is 22.0 Å². The molecule has 1 heterocycles. The molecule has 0 aliphatic heterocycles. The average Bonchev–Trinajstić information content (AvgIpc) is 2.89. The molecule has 1 aromatic carbocycles. The lowest BCUT2D eigenvalue weighted by Gasteiger charge is -2.07.